The van der Waals surface area contributed by atoms with Crippen LogP contribution in [0.3, 0.4) is 0 Å². The molecule has 1 aliphatic rings. The van der Waals surface area contributed by atoms with Gasteiger partial charge in [-0.1, -0.05) is 127 Å². The summed E-state index contributed by atoms with van der Waals surface area (Å²) in [5.74, 6) is -0.0246. The summed E-state index contributed by atoms with van der Waals surface area (Å²) in [4.78, 5) is 14.9. The number of carbonyl (C=O) groups is 1. The van der Waals surface area contributed by atoms with Crippen LogP contribution in [0.1, 0.15) is 12.5 Å². The summed E-state index contributed by atoms with van der Waals surface area (Å²) >= 11 is 6.70. The fraction of sp³-hybridized carbons (Fsp3) is 0.0667. The van der Waals surface area contributed by atoms with Crippen molar-refractivity contribution in [2.45, 2.75) is 6.92 Å². The van der Waals surface area contributed by atoms with Crippen molar-refractivity contribution in [2.75, 3.05) is 6.54 Å². The number of thiocarbonyl (C=S) groups is 1. The quantitative estimate of drug-likeness (QED) is 0.160. The standard InChI is InChI=1S/C30H25N2OPS2/c1-2-32-29(33)28(36-30(32)35)22-23-18-20-24(21-19-23)31-34(25-12-6-3-7-13-25,26-14-8-4-9-15-26)27-16-10-5-11-17-27/h3-22H,2H2,1H3/b28-22-. The van der Waals surface area contributed by atoms with E-state index in [0.29, 0.717) is 15.8 Å². The molecule has 5 rings (SSSR count). The number of nitrogens with zero attached hydrogens (tertiary/aromatic N) is 2. The summed E-state index contributed by atoms with van der Waals surface area (Å²) in [6, 6.07) is 39.9. The van der Waals surface area contributed by atoms with Gasteiger partial charge in [0.05, 0.1) is 17.6 Å². The number of likely N-dealkylation sites (N-methyl/N-ethyl adjacent to an activating group) is 1. The van der Waals surface area contributed by atoms with Gasteiger partial charge in [0, 0.05) is 22.5 Å². The number of amides is 1. The van der Waals surface area contributed by atoms with Gasteiger partial charge >= 0.3 is 0 Å². The molecule has 1 heterocycles. The van der Waals surface area contributed by atoms with E-state index in [1.807, 2.05) is 55.5 Å². The minimum absolute atomic E-state index is 0.0246. The van der Waals surface area contributed by atoms with Crippen molar-refractivity contribution < 1.29 is 4.79 Å². The van der Waals surface area contributed by atoms with Gasteiger partial charge in [0.2, 0.25) is 0 Å². The molecular weight excluding hydrogens is 499 g/mol. The smallest absolute Gasteiger partial charge is 0.266 e. The molecule has 0 N–H and O–H groups in total. The normalized spacial score (nSPS) is 14.9. The van der Waals surface area contributed by atoms with Crippen LogP contribution in [0.25, 0.3) is 6.08 Å². The van der Waals surface area contributed by atoms with Crippen LogP contribution in [-0.4, -0.2) is 21.7 Å². The van der Waals surface area contributed by atoms with E-state index >= 15 is 0 Å². The topological polar surface area (TPSA) is 32.7 Å². The van der Waals surface area contributed by atoms with E-state index in [0.717, 1.165) is 11.3 Å². The Labute approximate surface area is 221 Å². The average molecular weight is 525 g/mol. The monoisotopic (exact) mass is 524 g/mol. The maximum Gasteiger partial charge on any atom is 0.266 e. The van der Waals surface area contributed by atoms with Crippen molar-refractivity contribution in [3.63, 3.8) is 0 Å². The minimum atomic E-state index is -2.32. The van der Waals surface area contributed by atoms with Crippen molar-refractivity contribution in [3.8, 4) is 0 Å². The van der Waals surface area contributed by atoms with E-state index in [9.17, 15) is 4.79 Å². The summed E-state index contributed by atoms with van der Waals surface area (Å²) in [5.41, 5.74) is 1.85. The van der Waals surface area contributed by atoms with Crippen molar-refractivity contribution in [1.82, 2.24) is 4.90 Å². The zero-order valence-corrected chi connectivity index (χ0v) is 22.3. The summed E-state index contributed by atoms with van der Waals surface area (Å²) in [6.45, 7) is 2.52. The first kappa shape index (κ1) is 24.5. The molecule has 1 saturated heterocycles. The molecule has 4 aromatic rings. The Kier molecular flexibility index (Phi) is 7.33. The molecule has 4 aromatic carbocycles. The third kappa shape index (κ3) is 4.75. The second-order valence-electron chi connectivity index (χ2n) is 8.26. The molecule has 0 saturated carbocycles. The SMILES string of the molecule is CCN1C(=O)/C(=C/c2ccc(N=P(c3ccccc3)(c3ccccc3)c3ccccc3)cc2)SC1=S. The number of hydrogen-bond acceptors (Lipinski definition) is 4. The van der Waals surface area contributed by atoms with Crippen LogP contribution in [0.15, 0.2) is 125 Å². The summed E-state index contributed by atoms with van der Waals surface area (Å²) in [6.07, 6.45) is 1.91. The Morgan fingerprint density at radius 1 is 0.778 bits per heavy atom. The van der Waals surface area contributed by atoms with E-state index < -0.39 is 7.05 Å². The van der Waals surface area contributed by atoms with Gasteiger partial charge in [0.25, 0.3) is 5.91 Å². The van der Waals surface area contributed by atoms with Gasteiger partial charge in [-0.25, -0.2) is 0 Å². The molecule has 1 fully saturated rings. The number of thioether (sulfide) groups is 1. The molecule has 0 aromatic heterocycles. The number of hydrogen-bond donors (Lipinski definition) is 0. The molecule has 0 unspecified atom stereocenters. The van der Waals surface area contributed by atoms with Crippen LogP contribution in [-0.2, 0) is 4.79 Å². The zero-order valence-electron chi connectivity index (χ0n) is 19.8. The fourth-order valence-electron chi connectivity index (χ4n) is 4.29. The molecule has 0 aliphatic carbocycles. The summed E-state index contributed by atoms with van der Waals surface area (Å²) < 4.78 is 6.13. The van der Waals surface area contributed by atoms with E-state index in [-0.39, 0.29) is 5.91 Å². The van der Waals surface area contributed by atoms with E-state index in [1.165, 1.54) is 27.7 Å². The highest BCUT2D eigenvalue weighted by Gasteiger charge is 2.30. The van der Waals surface area contributed by atoms with Crippen molar-refractivity contribution in [1.29, 1.82) is 0 Å². The predicted molar refractivity (Wildman–Crippen MR) is 159 cm³/mol. The maximum absolute atomic E-state index is 12.6. The predicted octanol–water partition coefficient (Wildman–Crippen LogP) is 6.72. The van der Waals surface area contributed by atoms with Crippen LogP contribution < -0.4 is 15.9 Å². The molecular formula is C30H25N2OPS2. The van der Waals surface area contributed by atoms with Crippen LogP contribution in [0.2, 0.25) is 0 Å². The lowest BCUT2D eigenvalue weighted by Crippen LogP contribution is -2.27. The molecule has 1 aliphatic heterocycles. The maximum atomic E-state index is 12.6. The van der Waals surface area contributed by atoms with Crippen molar-refractivity contribution in [2.24, 2.45) is 4.74 Å². The van der Waals surface area contributed by atoms with Crippen LogP contribution in [0.4, 0.5) is 5.69 Å². The zero-order chi connectivity index (χ0) is 25.0. The molecule has 178 valence electrons. The first-order valence-electron chi connectivity index (χ1n) is 11.8. The lowest BCUT2D eigenvalue weighted by molar-refractivity contribution is -0.121. The number of carbonyl (C=O) groups excluding carboxylic acids is 1. The van der Waals surface area contributed by atoms with Crippen LogP contribution in [0, 0.1) is 0 Å². The Morgan fingerprint density at radius 3 is 1.67 bits per heavy atom. The highest BCUT2D eigenvalue weighted by Crippen LogP contribution is 2.49. The van der Waals surface area contributed by atoms with E-state index in [1.54, 1.807) is 4.90 Å². The highest BCUT2D eigenvalue weighted by atomic mass is 32.2. The third-order valence-electron chi connectivity index (χ3n) is 6.04. The second-order valence-corrected chi connectivity index (χ2v) is 13.0. The summed E-state index contributed by atoms with van der Waals surface area (Å²) in [7, 11) is -2.32. The fourth-order valence-corrected chi connectivity index (χ4v) is 9.20. The first-order valence-corrected chi connectivity index (χ1v) is 14.7. The Balaban J connectivity index is 1.64. The Morgan fingerprint density at radius 2 is 1.25 bits per heavy atom. The molecule has 0 spiro atoms. The van der Waals surface area contributed by atoms with Gasteiger partial charge in [0.15, 0.2) is 0 Å². The van der Waals surface area contributed by atoms with Gasteiger partial charge in [-0.3, -0.25) is 14.4 Å². The van der Waals surface area contributed by atoms with Gasteiger partial charge in [-0.05, 0) is 30.7 Å². The number of benzene rings is 4. The lowest BCUT2D eigenvalue weighted by atomic mass is 10.2. The van der Waals surface area contributed by atoms with E-state index in [4.69, 9.17) is 17.0 Å². The van der Waals surface area contributed by atoms with Crippen LogP contribution in [0.5, 0.6) is 0 Å². The molecule has 1 amide bonds. The van der Waals surface area contributed by atoms with Gasteiger partial charge in [0.1, 0.15) is 4.32 Å². The molecule has 36 heavy (non-hydrogen) atoms. The summed E-state index contributed by atoms with van der Waals surface area (Å²) in [5, 5.41) is 3.61. The third-order valence-corrected chi connectivity index (χ3v) is 11.1. The number of rotatable bonds is 6. The van der Waals surface area contributed by atoms with Gasteiger partial charge in [-0.15, -0.1) is 0 Å². The molecule has 0 bridgehead atoms. The van der Waals surface area contributed by atoms with Crippen molar-refractivity contribution >= 4 is 68.9 Å². The molecule has 0 atom stereocenters. The Hall–Kier alpha value is -3.24. The second kappa shape index (κ2) is 10.8. The van der Waals surface area contributed by atoms with Gasteiger partial charge in [-0.2, -0.15) is 0 Å². The Bertz CT molecular complexity index is 1360. The van der Waals surface area contributed by atoms with Gasteiger partial charge < -0.3 is 0 Å². The minimum Gasteiger partial charge on any atom is -0.293 e. The van der Waals surface area contributed by atoms with Crippen LogP contribution >= 0.6 is 31.0 Å². The van der Waals surface area contributed by atoms with Crippen molar-refractivity contribution in [3.05, 3.63) is 126 Å². The molecule has 6 heteroatoms. The average Bonchev–Trinajstić information content (AvgIpc) is 3.21. The largest absolute Gasteiger partial charge is 0.293 e. The molecule has 0 radical (unpaired) electrons. The lowest BCUT2D eigenvalue weighted by Gasteiger charge is -2.27. The van der Waals surface area contributed by atoms with E-state index in [2.05, 4.69) is 72.8 Å². The molecule has 3 nitrogen and oxygen atoms in total. The highest BCUT2D eigenvalue weighted by molar-refractivity contribution is 8.26. The first-order chi connectivity index (χ1) is 17.6.